The summed E-state index contributed by atoms with van der Waals surface area (Å²) in [6.45, 7) is 0.877. The highest BCUT2D eigenvalue weighted by Gasteiger charge is 2.22. The monoisotopic (exact) mass is 574 g/mol. The van der Waals surface area contributed by atoms with Crippen molar-refractivity contribution < 1.29 is 29.4 Å². The summed E-state index contributed by atoms with van der Waals surface area (Å²) in [5.41, 5.74) is 3.68. The van der Waals surface area contributed by atoms with Crippen LogP contribution in [0.3, 0.4) is 0 Å². The standard InChI is InChI=1S/C30H34N6O6/c37-27(35-29(39)40)25(15-19-17-33-23-11-5-3-9-21(19)23)31-13-7-1-2-8-14-32-26(28(38)36-30(41)42)16-20-18-34-24-12-6-4-10-22(20)24/h1-6,9-12,17-18,25-26,31-34H,7-8,13-16H2,(H,35,37)(H,36,38)(H,39,40)(H,41,42)/t25-,26?/m0/s1. The van der Waals surface area contributed by atoms with E-state index < -0.39 is 36.1 Å². The summed E-state index contributed by atoms with van der Waals surface area (Å²) >= 11 is 0. The Morgan fingerprint density at radius 2 is 1.07 bits per heavy atom. The number of hydrogen-bond donors (Lipinski definition) is 8. The van der Waals surface area contributed by atoms with Crippen molar-refractivity contribution in [1.82, 2.24) is 31.2 Å². The van der Waals surface area contributed by atoms with Gasteiger partial charge in [0.15, 0.2) is 0 Å². The number of carbonyl (C=O) groups is 4. The lowest BCUT2D eigenvalue weighted by Crippen LogP contribution is -2.47. The van der Waals surface area contributed by atoms with Crippen molar-refractivity contribution in [2.24, 2.45) is 0 Å². The molecule has 2 aromatic heterocycles. The second-order valence-electron chi connectivity index (χ2n) is 9.78. The molecule has 2 atom stereocenters. The molecular formula is C30H34N6O6. The van der Waals surface area contributed by atoms with Crippen LogP contribution in [-0.2, 0) is 22.4 Å². The van der Waals surface area contributed by atoms with Crippen LogP contribution in [0.4, 0.5) is 9.59 Å². The van der Waals surface area contributed by atoms with Crippen LogP contribution in [-0.4, -0.2) is 69.4 Å². The normalized spacial score (nSPS) is 12.9. The van der Waals surface area contributed by atoms with Crippen LogP contribution in [0.25, 0.3) is 21.8 Å². The Bertz CT molecular complexity index is 1460. The van der Waals surface area contributed by atoms with Gasteiger partial charge in [0.2, 0.25) is 11.8 Å². The van der Waals surface area contributed by atoms with E-state index in [1.165, 1.54) is 0 Å². The molecule has 4 aromatic rings. The molecule has 0 aliphatic heterocycles. The minimum atomic E-state index is -1.40. The average Bonchev–Trinajstić information content (AvgIpc) is 3.56. The summed E-state index contributed by atoms with van der Waals surface area (Å²) in [6.07, 6.45) is 6.49. The van der Waals surface area contributed by atoms with Gasteiger partial charge in [0.05, 0.1) is 12.1 Å². The van der Waals surface area contributed by atoms with Gasteiger partial charge in [-0.15, -0.1) is 0 Å². The third-order valence-corrected chi connectivity index (χ3v) is 6.86. The zero-order chi connectivity index (χ0) is 29.9. The van der Waals surface area contributed by atoms with Crippen LogP contribution in [0.5, 0.6) is 0 Å². The zero-order valence-corrected chi connectivity index (χ0v) is 22.9. The number of aromatic amines is 2. The first-order valence-corrected chi connectivity index (χ1v) is 13.6. The van der Waals surface area contributed by atoms with Gasteiger partial charge in [0, 0.05) is 34.2 Å². The van der Waals surface area contributed by atoms with Gasteiger partial charge in [-0.3, -0.25) is 20.2 Å². The van der Waals surface area contributed by atoms with Crippen LogP contribution in [0.2, 0.25) is 0 Å². The first-order valence-electron chi connectivity index (χ1n) is 13.6. The molecule has 4 rings (SSSR count). The van der Waals surface area contributed by atoms with Crippen LogP contribution < -0.4 is 21.3 Å². The molecule has 42 heavy (non-hydrogen) atoms. The number of fused-ring (bicyclic) bond motifs is 2. The number of benzene rings is 2. The van der Waals surface area contributed by atoms with E-state index in [1.54, 1.807) is 0 Å². The lowest BCUT2D eigenvalue weighted by Gasteiger charge is -2.17. The number of aromatic nitrogens is 2. The predicted octanol–water partition coefficient (Wildman–Crippen LogP) is 3.28. The molecule has 0 aliphatic carbocycles. The summed E-state index contributed by atoms with van der Waals surface area (Å²) in [6, 6.07) is 13.9. The average molecular weight is 575 g/mol. The number of amides is 4. The van der Waals surface area contributed by atoms with Gasteiger partial charge in [-0.25, -0.2) is 9.59 Å². The zero-order valence-electron chi connectivity index (χ0n) is 22.9. The summed E-state index contributed by atoms with van der Waals surface area (Å²) in [7, 11) is 0. The maximum Gasteiger partial charge on any atom is 0.411 e. The number of carbonyl (C=O) groups excluding carboxylic acids is 2. The highest BCUT2D eigenvalue weighted by atomic mass is 16.4. The molecule has 0 saturated heterocycles. The number of hydrogen-bond acceptors (Lipinski definition) is 6. The lowest BCUT2D eigenvalue weighted by atomic mass is 10.0. The molecule has 0 radical (unpaired) electrons. The Balaban J connectivity index is 1.26. The third kappa shape index (κ3) is 8.29. The van der Waals surface area contributed by atoms with Gasteiger partial charge in [-0.1, -0.05) is 48.6 Å². The molecule has 0 spiro atoms. The highest BCUT2D eigenvalue weighted by Crippen LogP contribution is 2.20. The number of imide groups is 2. The molecule has 2 heterocycles. The van der Waals surface area contributed by atoms with E-state index in [9.17, 15) is 19.2 Å². The van der Waals surface area contributed by atoms with Crippen molar-refractivity contribution in [1.29, 1.82) is 0 Å². The van der Waals surface area contributed by atoms with Crippen molar-refractivity contribution in [2.75, 3.05) is 13.1 Å². The molecule has 2 aromatic carbocycles. The van der Waals surface area contributed by atoms with Gasteiger partial charge >= 0.3 is 12.2 Å². The maximum atomic E-state index is 12.5. The van der Waals surface area contributed by atoms with Crippen molar-refractivity contribution in [3.05, 3.63) is 84.2 Å². The largest absolute Gasteiger partial charge is 0.465 e. The van der Waals surface area contributed by atoms with Crippen LogP contribution in [0, 0.1) is 0 Å². The second kappa shape index (κ2) is 14.6. The van der Waals surface area contributed by atoms with E-state index in [1.807, 2.05) is 83.7 Å². The molecule has 0 aliphatic rings. The van der Waals surface area contributed by atoms with Gasteiger partial charge in [-0.2, -0.15) is 0 Å². The minimum Gasteiger partial charge on any atom is -0.465 e. The van der Waals surface area contributed by atoms with E-state index >= 15 is 0 Å². The maximum absolute atomic E-state index is 12.5. The van der Waals surface area contributed by atoms with Gasteiger partial charge in [-0.05, 0) is 62.0 Å². The molecule has 220 valence electrons. The van der Waals surface area contributed by atoms with Crippen molar-refractivity contribution in [2.45, 2.75) is 37.8 Å². The summed E-state index contributed by atoms with van der Waals surface area (Å²) in [5, 5.41) is 30.1. The lowest BCUT2D eigenvalue weighted by molar-refractivity contribution is -0.123. The molecule has 0 fully saturated rings. The van der Waals surface area contributed by atoms with Crippen molar-refractivity contribution in [3.63, 3.8) is 0 Å². The van der Waals surface area contributed by atoms with Crippen LogP contribution >= 0.6 is 0 Å². The third-order valence-electron chi connectivity index (χ3n) is 6.86. The van der Waals surface area contributed by atoms with Crippen molar-refractivity contribution >= 4 is 45.8 Å². The molecular weight excluding hydrogens is 540 g/mol. The second-order valence-corrected chi connectivity index (χ2v) is 9.78. The van der Waals surface area contributed by atoms with Gasteiger partial charge in [0.1, 0.15) is 0 Å². The molecule has 1 unspecified atom stereocenters. The van der Waals surface area contributed by atoms with Gasteiger partial charge in [0.25, 0.3) is 0 Å². The fourth-order valence-corrected chi connectivity index (χ4v) is 4.86. The fraction of sp³-hybridized carbons (Fsp3) is 0.267. The smallest absolute Gasteiger partial charge is 0.411 e. The fourth-order valence-electron chi connectivity index (χ4n) is 4.86. The molecule has 0 saturated carbocycles. The number of carboxylic acid groups (broad SMARTS) is 2. The summed E-state index contributed by atoms with van der Waals surface area (Å²) in [5.74, 6) is -1.25. The summed E-state index contributed by atoms with van der Waals surface area (Å²) < 4.78 is 0. The molecule has 12 heteroatoms. The SMILES string of the molecule is O=C(O)NC(=O)C(Cc1c[nH]c2ccccc12)NCCC=CCCN[C@@H](Cc1c[nH]c2ccccc12)C(=O)NC(=O)O. The Kier molecular flexibility index (Phi) is 10.5. The first-order chi connectivity index (χ1) is 20.3. The van der Waals surface area contributed by atoms with E-state index in [4.69, 9.17) is 10.2 Å². The Morgan fingerprint density at radius 1 is 0.667 bits per heavy atom. The highest BCUT2D eigenvalue weighted by molar-refractivity contribution is 5.95. The van der Waals surface area contributed by atoms with Crippen molar-refractivity contribution in [3.8, 4) is 0 Å². The van der Waals surface area contributed by atoms with E-state index in [0.29, 0.717) is 38.8 Å². The number of nitrogens with one attached hydrogen (secondary N) is 6. The molecule has 4 amide bonds. The Morgan fingerprint density at radius 3 is 1.48 bits per heavy atom. The Hall–Kier alpha value is -4.94. The van der Waals surface area contributed by atoms with E-state index in [0.717, 1.165) is 32.9 Å². The number of H-pyrrole nitrogens is 2. The Labute approximate surface area is 241 Å². The number of rotatable bonds is 14. The molecule has 8 N–H and O–H groups in total. The predicted molar refractivity (Wildman–Crippen MR) is 158 cm³/mol. The quantitative estimate of drug-likeness (QED) is 0.0832. The minimum absolute atomic E-state index is 0.312. The van der Waals surface area contributed by atoms with E-state index in [-0.39, 0.29) is 0 Å². The van der Waals surface area contributed by atoms with Crippen LogP contribution in [0.1, 0.15) is 24.0 Å². The molecule has 12 nitrogen and oxygen atoms in total. The number of para-hydroxylation sites is 2. The van der Waals surface area contributed by atoms with Gasteiger partial charge < -0.3 is 30.8 Å². The van der Waals surface area contributed by atoms with Crippen LogP contribution in [0.15, 0.2) is 73.1 Å². The topological polar surface area (TPSA) is 188 Å². The molecule has 0 bridgehead atoms. The van der Waals surface area contributed by atoms with E-state index in [2.05, 4.69) is 20.6 Å². The summed E-state index contributed by atoms with van der Waals surface area (Å²) in [4.78, 5) is 53.5. The first kappa shape index (κ1) is 30.0.